The Morgan fingerprint density at radius 1 is 1.00 bits per heavy atom. The highest BCUT2D eigenvalue weighted by Crippen LogP contribution is 2.27. The first kappa shape index (κ1) is 21.6. The van der Waals surface area contributed by atoms with Gasteiger partial charge in [-0.3, -0.25) is 4.79 Å². The van der Waals surface area contributed by atoms with Crippen LogP contribution in [0.1, 0.15) is 15.9 Å². The van der Waals surface area contributed by atoms with Gasteiger partial charge in [-0.1, -0.05) is 12.1 Å². The van der Waals surface area contributed by atoms with Crippen LogP contribution in [0.25, 0.3) is 0 Å². The maximum Gasteiger partial charge on any atom is 0.251 e. The lowest BCUT2D eigenvalue weighted by molar-refractivity contribution is 0.0950. The van der Waals surface area contributed by atoms with Crippen LogP contribution >= 0.6 is 12.4 Å². The topological polar surface area (TPSA) is 68.8 Å². The van der Waals surface area contributed by atoms with Crippen LogP contribution < -0.4 is 24.8 Å². The summed E-state index contributed by atoms with van der Waals surface area (Å²) in [5, 5.41) is 5.91. The standard InChI is InChI=1S/C19H24N2O4.ClH/c1-20-10-11-25-16-7-4-14(5-8-16)13-21-19(22)15-6-9-17(23-2)18(12-15)24-3;/h4-9,12,20H,10-11,13H2,1-3H3,(H,21,22);1H. The Morgan fingerprint density at radius 2 is 1.69 bits per heavy atom. The lowest BCUT2D eigenvalue weighted by Gasteiger charge is -2.10. The van der Waals surface area contributed by atoms with E-state index in [9.17, 15) is 4.79 Å². The molecule has 2 rings (SSSR count). The summed E-state index contributed by atoms with van der Waals surface area (Å²) in [6.45, 7) is 1.85. The molecular weight excluding hydrogens is 356 g/mol. The molecule has 0 heterocycles. The summed E-state index contributed by atoms with van der Waals surface area (Å²) in [6.07, 6.45) is 0. The maximum absolute atomic E-state index is 12.3. The van der Waals surface area contributed by atoms with Gasteiger partial charge in [-0.2, -0.15) is 0 Å². The minimum atomic E-state index is -0.171. The van der Waals surface area contributed by atoms with Crippen LogP contribution in [0.5, 0.6) is 17.2 Å². The second kappa shape index (κ2) is 11.2. The third-order valence-electron chi connectivity index (χ3n) is 3.64. The number of ether oxygens (including phenoxy) is 3. The fourth-order valence-corrected chi connectivity index (χ4v) is 2.24. The van der Waals surface area contributed by atoms with Crippen molar-refractivity contribution in [2.45, 2.75) is 6.54 Å². The Morgan fingerprint density at radius 3 is 2.31 bits per heavy atom. The molecule has 0 spiro atoms. The molecule has 0 saturated carbocycles. The second-order valence-corrected chi connectivity index (χ2v) is 5.35. The van der Waals surface area contributed by atoms with Crippen molar-refractivity contribution in [3.63, 3.8) is 0 Å². The number of hydrogen-bond acceptors (Lipinski definition) is 5. The van der Waals surface area contributed by atoms with Gasteiger partial charge in [-0.25, -0.2) is 0 Å². The number of amides is 1. The van der Waals surface area contributed by atoms with Gasteiger partial charge in [0.25, 0.3) is 5.91 Å². The number of hydrogen-bond donors (Lipinski definition) is 2. The van der Waals surface area contributed by atoms with Crippen LogP contribution in [0.4, 0.5) is 0 Å². The molecule has 0 aromatic heterocycles. The molecular formula is C19H25ClN2O4. The molecule has 0 unspecified atom stereocenters. The molecule has 0 atom stereocenters. The molecule has 7 heteroatoms. The van der Waals surface area contributed by atoms with Gasteiger partial charge in [0.2, 0.25) is 0 Å². The molecule has 0 aliphatic heterocycles. The van der Waals surface area contributed by atoms with Gasteiger partial charge >= 0.3 is 0 Å². The Balaban J connectivity index is 0.00000338. The molecule has 26 heavy (non-hydrogen) atoms. The molecule has 0 aliphatic carbocycles. The molecule has 0 radical (unpaired) electrons. The van der Waals surface area contributed by atoms with Crippen LogP contribution in [-0.2, 0) is 6.54 Å². The van der Waals surface area contributed by atoms with Crippen LogP contribution in [-0.4, -0.2) is 40.3 Å². The SMILES string of the molecule is CNCCOc1ccc(CNC(=O)c2ccc(OC)c(OC)c2)cc1.Cl. The van der Waals surface area contributed by atoms with Crippen molar-refractivity contribution in [1.82, 2.24) is 10.6 Å². The summed E-state index contributed by atoms with van der Waals surface area (Å²) < 4.78 is 16.0. The van der Waals surface area contributed by atoms with E-state index in [1.165, 1.54) is 0 Å². The van der Waals surface area contributed by atoms with E-state index in [2.05, 4.69) is 10.6 Å². The number of carbonyl (C=O) groups is 1. The smallest absolute Gasteiger partial charge is 0.251 e. The Labute approximate surface area is 160 Å². The van der Waals surface area contributed by atoms with E-state index < -0.39 is 0 Å². The third-order valence-corrected chi connectivity index (χ3v) is 3.64. The zero-order valence-electron chi connectivity index (χ0n) is 15.2. The first-order chi connectivity index (χ1) is 12.2. The molecule has 1 amide bonds. The zero-order valence-corrected chi connectivity index (χ0v) is 16.0. The lowest BCUT2D eigenvalue weighted by atomic mass is 10.1. The highest BCUT2D eigenvalue weighted by molar-refractivity contribution is 5.94. The van der Waals surface area contributed by atoms with Gasteiger partial charge in [0, 0.05) is 18.7 Å². The Bertz CT molecular complexity index is 692. The highest BCUT2D eigenvalue weighted by atomic mass is 35.5. The average Bonchev–Trinajstić information content (AvgIpc) is 2.66. The predicted octanol–water partition coefficient (Wildman–Crippen LogP) is 2.65. The van der Waals surface area contributed by atoms with Crippen molar-refractivity contribution >= 4 is 18.3 Å². The number of methoxy groups -OCH3 is 2. The molecule has 2 N–H and O–H groups in total. The van der Waals surface area contributed by atoms with Crippen molar-refractivity contribution in [2.75, 3.05) is 34.4 Å². The second-order valence-electron chi connectivity index (χ2n) is 5.35. The summed E-state index contributed by atoms with van der Waals surface area (Å²) in [4.78, 5) is 12.3. The number of benzene rings is 2. The minimum absolute atomic E-state index is 0. The molecule has 2 aromatic rings. The molecule has 142 valence electrons. The number of likely N-dealkylation sites (N-methyl/N-ethyl adjacent to an activating group) is 1. The fourth-order valence-electron chi connectivity index (χ4n) is 2.24. The summed E-state index contributed by atoms with van der Waals surface area (Å²) in [7, 11) is 4.98. The first-order valence-corrected chi connectivity index (χ1v) is 8.04. The van der Waals surface area contributed by atoms with E-state index in [1.807, 2.05) is 31.3 Å². The quantitative estimate of drug-likeness (QED) is 0.654. The van der Waals surface area contributed by atoms with Crippen LogP contribution in [0, 0.1) is 0 Å². The normalized spacial score (nSPS) is 9.81. The van der Waals surface area contributed by atoms with Crippen molar-refractivity contribution in [3.05, 3.63) is 53.6 Å². The summed E-state index contributed by atoms with van der Waals surface area (Å²) >= 11 is 0. The average molecular weight is 381 g/mol. The van der Waals surface area contributed by atoms with Crippen molar-refractivity contribution in [3.8, 4) is 17.2 Å². The maximum atomic E-state index is 12.3. The summed E-state index contributed by atoms with van der Waals surface area (Å²) in [5.74, 6) is 1.76. The largest absolute Gasteiger partial charge is 0.493 e. The third kappa shape index (κ3) is 6.13. The Kier molecular flexibility index (Phi) is 9.33. The monoisotopic (exact) mass is 380 g/mol. The van der Waals surface area contributed by atoms with Gasteiger partial charge in [-0.05, 0) is 42.9 Å². The van der Waals surface area contributed by atoms with E-state index in [4.69, 9.17) is 14.2 Å². The number of rotatable bonds is 9. The number of carbonyl (C=O) groups excluding carboxylic acids is 1. The van der Waals surface area contributed by atoms with Gasteiger partial charge in [0.05, 0.1) is 14.2 Å². The Hall–Kier alpha value is -2.44. The van der Waals surface area contributed by atoms with Gasteiger partial charge < -0.3 is 24.8 Å². The van der Waals surface area contributed by atoms with Crippen LogP contribution in [0.3, 0.4) is 0 Å². The highest BCUT2D eigenvalue weighted by Gasteiger charge is 2.10. The summed E-state index contributed by atoms with van der Waals surface area (Å²) in [6, 6.07) is 12.7. The van der Waals surface area contributed by atoms with Crippen LogP contribution in [0.15, 0.2) is 42.5 Å². The van der Waals surface area contributed by atoms with Gasteiger partial charge in [0.1, 0.15) is 12.4 Å². The van der Waals surface area contributed by atoms with E-state index in [0.29, 0.717) is 30.2 Å². The number of halogens is 1. The molecule has 0 saturated heterocycles. The minimum Gasteiger partial charge on any atom is -0.493 e. The van der Waals surface area contributed by atoms with Crippen molar-refractivity contribution < 1.29 is 19.0 Å². The van der Waals surface area contributed by atoms with E-state index in [-0.39, 0.29) is 18.3 Å². The van der Waals surface area contributed by atoms with Crippen molar-refractivity contribution in [2.24, 2.45) is 0 Å². The zero-order chi connectivity index (χ0) is 18.1. The van der Waals surface area contributed by atoms with Gasteiger partial charge in [-0.15, -0.1) is 12.4 Å². The predicted molar refractivity (Wildman–Crippen MR) is 104 cm³/mol. The van der Waals surface area contributed by atoms with E-state index in [0.717, 1.165) is 17.9 Å². The molecule has 0 bridgehead atoms. The molecule has 6 nitrogen and oxygen atoms in total. The first-order valence-electron chi connectivity index (χ1n) is 8.04. The number of nitrogens with one attached hydrogen (secondary N) is 2. The van der Waals surface area contributed by atoms with Crippen molar-refractivity contribution in [1.29, 1.82) is 0 Å². The molecule has 0 fully saturated rings. The summed E-state index contributed by atoms with van der Waals surface area (Å²) in [5.41, 5.74) is 1.51. The molecule has 2 aromatic carbocycles. The molecule has 0 aliphatic rings. The van der Waals surface area contributed by atoms with E-state index in [1.54, 1.807) is 32.4 Å². The van der Waals surface area contributed by atoms with Gasteiger partial charge in [0.15, 0.2) is 11.5 Å². The van der Waals surface area contributed by atoms with Crippen LogP contribution in [0.2, 0.25) is 0 Å². The van der Waals surface area contributed by atoms with E-state index >= 15 is 0 Å². The fraction of sp³-hybridized carbons (Fsp3) is 0.316. The lowest BCUT2D eigenvalue weighted by Crippen LogP contribution is -2.22.